The molecule has 4 heterocycles. The number of benzene rings is 2. The first kappa shape index (κ1) is 35.5. The number of aromatic hydroxyl groups is 1. The Kier molecular flexibility index (Phi) is 8.39. The zero-order chi connectivity index (χ0) is 37.8. The molecule has 0 radical (unpaired) electrons. The van der Waals surface area contributed by atoms with Crippen molar-refractivity contribution < 1.29 is 38.9 Å². The maximum absolute atomic E-state index is 15.1. The summed E-state index contributed by atoms with van der Waals surface area (Å²) in [5.41, 5.74) is 1.55. The number of methoxy groups -OCH3 is 1. The number of carbonyl (C=O) groups excluding carboxylic acids is 4. The van der Waals surface area contributed by atoms with E-state index in [-0.39, 0.29) is 37.3 Å². The number of nitrogens with zero attached hydrogens (tertiary/aromatic N) is 4. The average Bonchev–Trinajstić information content (AvgIpc) is 3.78. The molecule has 2 aliphatic carbocycles. The van der Waals surface area contributed by atoms with Crippen LogP contribution < -0.4 is 9.64 Å². The number of imide groups is 2. The number of aryl methyl sites for hydroxylation is 2. The predicted molar refractivity (Wildman–Crippen MR) is 200 cm³/mol. The van der Waals surface area contributed by atoms with Gasteiger partial charge in [-0.25, -0.2) is 4.90 Å². The smallest absolute Gasteiger partial charge is 0.305 e. The molecule has 0 unspecified atom stereocenters. The maximum Gasteiger partial charge on any atom is 0.305 e. The summed E-state index contributed by atoms with van der Waals surface area (Å²) in [4.78, 5) is 71.9. The predicted octanol–water partition coefficient (Wildman–Crippen LogP) is 6.45. The molecule has 4 aliphatic rings. The minimum absolute atomic E-state index is 0.129. The van der Waals surface area contributed by atoms with E-state index in [0.717, 1.165) is 31.0 Å². The van der Waals surface area contributed by atoms with Crippen molar-refractivity contribution in [2.45, 2.75) is 39.0 Å². The van der Waals surface area contributed by atoms with E-state index in [0.29, 0.717) is 26.6 Å². The van der Waals surface area contributed by atoms with Crippen LogP contribution >= 0.6 is 38.9 Å². The van der Waals surface area contributed by atoms with Gasteiger partial charge < -0.3 is 14.9 Å². The van der Waals surface area contributed by atoms with Crippen LogP contribution in [0.25, 0.3) is 20.7 Å². The lowest BCUT2D eigenvalue weighted by Crippen LogP contribution is -2.49. The molecule has 2 aromatic heterocycles. The van der Waals surface area contributed by atoms with E-state index in [4.69, 9.17) is 21.4 Å². The number of anilines is 1. The second kappa shape index (κ2) is 12.5. The lowest BCUT2D eigenvalue weighted by Gasteiger charge is -2.49. The van der Waals surface area contributed by atoms with Crippen LogP contribution in [-0.4, -0.2) is 68.1 Å². The highest BCUT2D eigenvalue weighted by atomic mass is 79.9. The number of hydrogen-bond acceptors (Lipinski definition) is 9. The average molecular weight is 822 g/mol. The van der Waals surface area contributed by atoms with Crippen molar-refractivity contribution in [3.05, 3.63) is 68.7 Å². The zero-order valence-corrected chi connectivity index (χ0v) is 32.2. The number of fused-ring (bicyclic) bond motifs is 5. The highest BCUT2D eigenvalue weighted by Crippen LogP contribution is 2.64. The second-order valence-electron chi connectivity index (χ2n) is 14.4. The van der Waals surface area contributed by atoms with Gasteiger partial charge in [-0.2, -0.15) is 5.10 Å². The van der Waals surface area contributed by atoms with Gasteiger partial charge in [0.1, 0.15) is 11.5 Å². The number of ether oxygens (including phenoxy) is 1. The quantitative estimate of drug-likeness (QED) is 0.158. The fourth-order valence-corrected chi connectivity index (χ4v) is 11.0. The fourth-order valence-electron chi connectivity index (χ4n) is 9.24. The van der Waals surface area contributed by atoms with E-state index >= 15 is 4.79 Å². The molecular weight excluding hydrogens is 788 g/mol. The molecule has 4 amide bonds. The van der Waals surface area contributed by atoms with Crippen LogP contribution in [0.2, 0.25) is 5.02 Å². The number of carboxylic acids is 1. The monoisotopic (exact) mass is 820 g/mol. The molecule has 2 aliphatic heterocycles. The molecule has 0 spiro atoms. The lowest BCUT2D eigenvalue weighted by molar-refractivity contribution is -0.142. The topological polar surface area (TPSA) is 159 Å². The van der Waals surface area contributed by atoms with Gasteiger partial charge in [0.15, 0.2) is 11.5 Å². The van der Waals surface area contributed by atoms with Crippen LogP contribution in [0.5, 0.6) is 11.5 Å². The summed E-state index contributed by atoms with van der Waals surface area (Å²) < 4.78 is 8.37. The van der Waals surface area contributed by atoms with Gasteiger partial charge in [-0.05, 0) is 95.4 Å². The Hall–Kier alpha value is -4.53. The summed E-state index contributed by atoms with van der Waals surface area (Å²) in [5, 5.41) is 26.4. The first-order chi connectivity index (χ1) is 25.2. The van der Waals surface area contributed by atoms with Crippen LogP contribution in [0.3, 0.4) is 0 Å². The summed E-state index contributed by atoms with van der Waals surface area (Å²) in [7, 11) is 3.10. The largest absolute Gasteiger partial charge is 0.503 e. The Balaban J connectivity index is 1.25. The van der Waals surface area contributed by atoms with Crippen LogP contribution in [-0.2, 0) is 31.0 Å². The van der Waals surface area contributed by atoms with E-state index in [1.807, 2.05) is 31.2 Å². The number of carbonyl (C=O) groups is 5. The Morgan fingerprint density at radius 3 is 2.58 bits per heavy atom. The number of hydrogen-bond donors (Lipinski definition) is 2. The number of aliphatic carboxylic acids is 1. The minimum atomic E-state index is -1.35. The Labute approximate surface area is 321 Å². The van der Waals surface area contributed by atoms with Crippen molar-refractivity contribution in [2.75, 3.05) is 18.6 Å². The van der Waals surface area contributed by atoms with Crippen LogP contribution in [0, 0.1) is 36.0 Å². The number of phenols is 1. The third-order valence-electron chi connectivity index (χ3n) is 11.7. The summed E-state index contributed by atoms with van der Waals surface area (Å²) in [6.45, 7) is 3.52. The molecule has 4 aromatic rings. The van der Waals surface area contributed by atoms with E-state index in [2.05, 4.69) is 15.9 Å². The number of aromatic nitrogens is 2. The molecule has 2 aromatic carbocycles. The zero-order valence-electron chi connectivity index (χ0n) is 29.1. The van der Waals surface area contributed by atoms with E-state index in [1.165, 1.54) is 28.0 Å². The molecule has 274 valence electrons. The molecule has 8 rings (SSSR count). The van der Waals surface area contributed by atoms with E-state index < -0.39 is 64.6 Å². The van der Waals surface area contributed by atoms with Gasteiger partial charge in [0.05, 0.1) is 46.0 Å². The highest BCUT2D eigenvalue weighted by molar-refractivity contribution is 9.10. The second-order valence-corrected chi connectivity index (χ2v) is 16.7. The normalized spacial score (nSPS) is 26.6. The van der Waals surface area contributed by atoms with Crippen LogP contribution in [0.4, 0.5) is 5.82 Å². The molecule has 3 fully saturated rings. The van der Waals surface area contributed by atoms with E-state index in [1.54, 1.807) is 32.2 Å². The summed E-state index contributed by atoms with van der Waals surface area (Å²) in [6.07, 6.45) is 1.88. The Bertz CT molecular complexity index is 2350. The first-order valence-corrected chi connectivity index (χ1v) is 19.1. The summed E-state index contributed by atoms with van der Waals surface area (Å²) in [6, 6.07) is 10.8. The first-order valence-electron chi connectivity index (χ1n) is 17.1. The molecule has 15 heteroatoms. The summed E-state index contributed by atoms with van der Waals surface area (Å²) >= 11 is 11.3. The Morgan fingerprint density at radius 1 is 1.11 bits per heavy atom. The van der Waals surface area contributed by atoms with Crippen molar-refractivity contribution in [3.63, 3.8) is 0 Å². The van der Waals surface area contributed by atoms with Crippen molar-refractivity contribution in [1.29, 1.82) is 0 Å². The number of halogens is 2. The third-order valence-corrected chi connectivity index (χ3v) is 13.9. The Morgan fingerprint density at radius 2 is 1.87 bits per heavy atom. The van der Waals surface area contributed by atoms with Gasteiger partial charge in [-0.15, -0.1) is 11.3 Å². The van der Waals surface area contributed by atoms with Gasteiger partial charge in [0, 0.05) is 35.3 Å². The van der Waals surface area contributed by atoms with Gasteiger partial charge in [0.25, 0.3) is 0 Å². The summed E-state index contributed by atoms with van der Waals surface area (Å²) in [5.74, 6) is -6.35. The molecule has 2 saturated heterocycles. The number of likely N-dealkylation sites (tertiary alicyclic amines) is 1. The van der Waals surface area contributed by atoms with E-state index in [9.17, 15) is 29.4 Å². The van der Waals surface area contributed by atoms with Gasteiger partial charge in [0.2, 0.25) is 23.6 Å². The van der Waals surface area contributed by atoms with Crippen LogP contribution in [0.15, 0.2) is 52.5 Å². The maximum atomic E-state index is 15.1. The highest BCUT2D eigenvalue weighted by Gasteiger charge is 2.68. The standard InChI is InChI=1S/C38H34BrClN4O8S/c1-16-21-13-18(40)5-8-27(21)53-33(16)25-15-28(42(3)41-25)44-35(49)23-14-22-19(6-7-20-30(22)36(50)43(34(20)48)10-9-29(45)46)31(38(23,2)37(44)51)17-11-24(39)32(47)26(12-17)52-4/h5-6,8,11-13,15,20,22-23,30-31,47H,7,9-10,14H2,1-4H3,(H,45,46)/t20-,22+,23-,30-,31-,38+/m0/s1. The third kappa shape index (κ3) is 5.12. The number of thiophene rings is 1. The van der Waals surface area contributed by atoms with Gasteiger partial charge in [-0.1, -0.05) is 23.3 Å². The van der Waals surface area contributed by atoms with Crippen LogP contribution in [0.1, 0.15) is 43.2 Å². The number of phenolic OH excluding ortho intramolecular Hbond substituents is 1. The van der Waals surface area contributed by atoms with Crippen molar-refractivity contribution in [1.82, 2.24) is 14.7 Å². The van der Waals surface area contributed by atoms with Crippen molar-refractivity contribution in [2.24, 2.45) is 36.1 Å². The van der Waals surface area contributed by atoms with Crippen molar-refractivity contribution in [3.8, 4) is 22.1 Å². The van der Waals surface area contributed by atoms with Gasteiger partial charge in [-0.3, -0.25) is 33.6 Å². The fraction of sp³-hybridized carbons (Fsp3) is 0.368. The number of rotatable bonds is 7. The molecule has 53 heavy (non-hydrogen) atoms. The molecular formula is C38H34BrClN4O8S. The minimum Gasteiger partial charge on any atom is -0.503 e. The number of carboxylic acid groups (broad SMARTS) is 1. The van der Waals surface area contributed by atoms with Crippen molar-refractivity contribution >= 4 is 84.4 Å². The SMILES string of the molecule is COc1cc([C@H]2C3=CC[C@@H]4C(=O)N(CCC(=O)O)C(=O)[C@@H]4[C@@H]3C[C@H]3C(=O)N(c4cc(-c5sc6ccc(Cl)cc6c5C)nn4C)C(=O)[C@@]23C)cc(Br)c1O. The number of allylic oxidation sites excluding steroid dienone is 2. The lowest BCUT2D eigenvalue weighted by atomic mass is 9.51. The molecule has 1 saturated carbocycles. The molecule has 0 bridgehead atoms. The molecule has 2 N–H and O–H groups in total. The number of amides is 4. The molecule has 6 atom stereocenters. The van der Waals surface area contributed by atoms with Gasteiger partial charge >= 0.3 is 5.97 Å². The molecule has 12 nitrogen and oxygen atoms in total.